The van der Waals surface area contributed by atoms with Crippen LogP contribution in [0.4, 0.5) is 5.69 Å². The maximum atomic E-state index is 12.5. The molecule has 0 radical (unpaired) electrons. The Morgan fingerprint density at radius 2 is 1.83 bits per heavy atom. The molecular formula is C19H17N5O5S. The van der Waals surface area contributed by atoms with Crippen LogP contribution in [0.5, 0.6) is 0 Å². The van der Waals surface area contributed by atoms with E-state index in [1.165, 1.54) is 23.7 Å². The fourth-order valence-corrected chi connectivity index (χ4v) is 3.33. The van der Waals surface area contributed by atoms with Gasteiger partial charge in [-0.2, -0.15) is 0 Å². The summed E-state index contributed by atoms with van der Waals surface area (Å²) in [5.41, 5.74) is 1.08. The quantitative estimate of drug-likeness (QED) is 0.242. The molecule has 0 N–H and O–H groups in total. The Morgan fingerprint density at radius 1 is 1.17 bits per heavy atom. The Hall–Kier alpha value is -3.60. The molecule has 1 unspecified atom stereocenters. The van der Waals surface area contributed by atoms with Crippen molar-refractivity contribution in [1.29, 1.82) is 0 Å². The van der Waals surface area contributed by atoms with E-state index in [1.54, 1.807) is 31.3 Å². The number of nitrogens with zero attached hydrogens (tertiary/aromatic N) is 5. The van der Waals surface area contributed by atoms with Crippen molar-refractivity contribution in [2.24, 2.45) is 7.05 Å². The number of ketones is 1. The van der Waals surface area contributed by atoms with Gasteiger partial charge in [0.05, 0.1) is 15.4 Å². The Morgan fingerprint density at radius 3 is 2.43 bits per heavy atom. The third-order valence-electron chi connectivity index (χ3n) is 4.16. The third kappa shape index (κ3) is 4.69. The number of ether oxygens (including phenoxy) is 1. The van der Waals surface area contributed by atoms with Gasteiger partial charge in [0.15, 0.2) is 6.10 Å². The normalized spacial score (nSPS) is 11.7. The molecule has 0 aliphatic rings. The molecule has 0 fully saturated rings. The van der Waals surface area contributed by atoms with Gasteiger partial charge < -0.3 is 4.74 Å². The van der Waals surface area contributed by atoms with Gasteiger partial charge in [0, 0.05) is 18.7 Å². The molecule has 1 aromatic heterocycles. The highest BCUT2D eigenvalue weighted by atomic mass is 32.2. The van der Waals surface area contributed by atoms with E-state index in [0.29, 0.717) is 10.7 Å². The highest BCUT2D eigenvalue weighted by Crippen LogP contribution is 2.34. The van der Waals surface area contributed by atoms with Crippen LogP contribution in [0.2, 0.25) is 0 Å². The molecule has 0 aliphatic heterocycles. The molecule has 11 heteroatoms. The molecule has 154 valence electrons. The lowest BCUT2D eigenvalue weighted by Gasteiger charge is -2.13. The molecule has 1 heterocycles. The first-order valence-corrected chi connectivity index (χ1v) is 9.58. The number of carbonyl (C=O) groups excluding carboxylic acids is 2. The fraction of sp³-hybridized carbons (Fsp3) is 0.211. The lowest BCUT2D eigenvalue weighted by molar-refractivity contribution is -0.387. The van der Waals surface area contributed by atoms with Crippen LogP contribution in [0.1, 0.15) is 33.2 Å². The number of nitro groups is 1. The van der Waals surface area contributed by atoms with Crippen LogP contribution in [0.25, 0.3) is 0 Å². The van der Waals surface area contributed by atoms with Crippen LogP contribution in [0.3, 0.4) is 0 Å². The van der Waals surface area contributed by atoms with Gasteiger partial charge in [-0.15, -0.1) is 5.10 Å². The Kier molecular flexibility index (Phi) is 6.21. The van der Waals surface area contributed by atoms with Gasteiger partial charge in [0.25, 0.3) is 5.69 Å². The number of Topliss-reactive ketones (excluding diaryl/α,β-unsaturated/α-hetero) is 1. The minimum atomic E-state index is -1.04. The second-order valence-electron chi connectivity index (χ2n) is 6.40. The minimum Gasteiger partial charge on any atom is -0.451 e. The average Bonchev–Trinajstić information content (AvgIpc) is 3.12. The molecule has 0 bridgehead atoms. The van der Waals surface area contributed by atoms with Gasteiger partial charge in [0.2, 0.25) is 10.9 Å². The van der Waals surface area contributed by atoms with Crippen molar-refractivity contribution < 1.29 is 19.2 Å². The standard InChI is InChI=1S/C19H17N5O5S/c1-11-4-6-13(7-5-11)17(25)12(2)29-18(26)14-8-9-16(15(10-14)24(27)28)30-19-20-21-22-23(19)3/h4-10,12H,1-3H3. The van der Waals surface area contributed by atoms with E-state index in [4.69, 9.17) is 4.74 Å². The smallest absolute Gasteiger partial charge is 0.339 e. The zero-order valence-electron chi connectivity index (χ0n) is 16.3. The van der Waals surface area contributed by atoms with E-state index < -0.39 is 17.0 Å². The number of aromatic nitrogens is 4. The van der Waals surface area contributed by atoms with Gasteiger partial charge in [0.1, 0.15) is 0 Å². The molecule has 0 aliphatic carbocycles. The first-order chi connectivity index (χ1) is 14.3. The number of hydrogen-bond acceptors (Lipinski definition) is 9. The summed E-state index contributed by atoms with van der Waals surface area (Å²) < 4.78 is 6.60. The van der Waals surface area contributed by atoms with Crippen molar-refractivity contribution in [3.05, 3.63) is 69.3 Å². The molecule has 3 rings (SSSR count). The van der Waals surface area contributed by atoms with E-state index in [2.05, 4.69) is 15.5 Å². The zero-order valence-corrected chi connectivity index (χ0v) is 17.1. The first kappa shape index (κ1) is 21.1. The van der Waals surface area contributed by atoms with Crippen molar-refractivity contribution in [3.63, 3.8) is 0 Å². The number of benzene rings is 2. The number of carbonyl (C=O) groups is 2. The van der Waals surface area contributed by atoms with Crippen molar-refractivity contribution in [3.8, 4) is 0 Å². The molecule has 0 spiro atoms. The lowest BCUT2D eigenvalue weighted by atomic mass is 10.1. The van der Waals surface area contributed by atoms with Crippen molar-refractivity contribution in [2.45, 2.75) is 30.0 Å². The number of esters is 1. The summed E-state index contributed by atoms with van der Waals surface area (Å²) in [6.45, 7) is 3.35. The van der Waals surface area contributed by atoms with E-state index in [1.807, 2.05) is 6.92 Å². The van der Waals surface area contributed by atoms with Crippen LogP contribution in [-0.2, 0) is 11.8 Å². The SMILES string of the molecule is Cc1ccc(C(=O)C(C)OC(=O)c2ccc(Sc3nnnn3C)c([N+](=O)[O-])c2)cc1. The molecule has 30 heavy (non-hydrogen) atoms. The van der Waals surface area contributed by atoms with Crippen LogP contribution < -0.4 is 0 Å². The predicted molar refractivity (Wildman–Crippen MR) is 106 cm³/mol. The van der Waals surface area contributed by atoms with E-state index in [9.17, 15) is 19.7 Å². The summed E-state index contributed by atoms with van der Waals surface area (Å²) in [6.07, 6.45) is -1.04. The highest BCUT2D eigenvalue weighted by Gasteiger charge is 2.24. The van der Waals surface area contributed by atoms with Crippen LogP contribution >= 0.6 is 11.8 Å². The number of rotatable bonds is 7. The summed E-state index contributed by atoms with van der Waals surface area (Å²) >= 11 is 0.992. The summed E-state index contributed by atoms with van der Waals surface area (Å²) in [6, 6.07) is 10.8. The van der Waals surface area contributed by atoms with Gasteiger partial charge in [-0.25, -0.2) is 9.48 Å². The maximum Gasteiger partial charge on any atom is 0.339 e. The van der Waals surface area contributed by atoms with Gasteiger partial charge in [-0.1, -0.05) is 29.8 Å². The molecule has 0 saturated heterocycles. The lowest BCUT2D eigenvalue weighted by Crippen LogP contribution is -2.24. The van der Waals surface area contributed by atoms with Crippen LogP contribution in [-0.4, -0.2) is 43.0 Å². The predicted octanol–water partition coefficient (Wildman–Crippen LogP) is 3.01. The number of tetrazole rings is 1. The summed E-state index contributed by atoms with van der Waals surface area (Å²) in [4.78, 5) is 36.0. The number of hydrogen-bond donors (Lipinski definition) is 0. The molecule has 2 aromatic carbocycles. The summed E-state index contributed by atoms with van der Waals surface area (Å²) in [5, 5.41) is 22.8. The Balaban J connectivity index is 1.77. The fourth-order valence-electron chi connectivity index (χ4n) is 2.51. The van der Waals surface area contributed by atoms with Crippen molar-refractivity contribution >= 4 is 29.2 Å². The zero-order chi connectivity index (χ0) is 21.8. The second-order valence-corrected chi connectivity index (χ2v) is 7.41. The van der Waals surface area contributed by atoms with Crippen molar-refractivity contribution in [1.82, 2.24) is 20.2 Å². The van der Waals surface area contributed by atoms with Crippen molar-refractivity contribution in [2.75, 3.05) is 0 Å². The highest BCUT2D eigenvalue weighted by molar-refractivity contribution is 7.99. The molecule has 0 saturated carbocycles. The Bertz CT molecular complexity index is 1110. The van der Waals surface area contributed by atoms with Gasteiger partial charge in [-0.3, -0.25) is 14.9 Å². The van der Waals surface area contributed by atoms with E-state index >= 15 is 0 Å². The largest absolute Gasteiger partial charge is 0.451 e. The van der Waals surface area contributed by atoms with E-state index in [-0.39, 0.29) is 21.9 Å². The van der Waals surface area contributed by atoms with E-state index in [0.717, 1.165) is 23.4 Å². The summed E-state index contributed by atoms with van der Waals surface area (Å²) in [7, 11) is 1.60. The number of nitro benzene ring substituents is 1. The average molecular weight is 427 g/mol. The molecule has 10 nitrogen and oxygen atoms in total. The topological polar surface area (TPSA) is 130 Å². The van der Waals surface area contributed by atoms with Gasteiger partial charge >= 0.3 is 5.97 Å². The van der Waals surface area contributed by atoms with Crippen LogP contribution in [0, 0.1) is 17.0 Å². The number of aryl methyl sites for hydroxylation is 2. The third-order valence-corrected chi connectivity index (χ3v) is 5.26. The first-order valence-electron chi connectivity index (χ1n) is 8.76. The van der Waals surface area contributed by atoms with Crippen LogP contribution in [0.15, 0.2) is 52.5 Å². The Labute approximate surface area is 175 Å². The molecule has 0 amide bonds. The second kappa shape index (κ2) is 8.82. The summed E-state index contributed by atoms with van der Waals surface area (Å²) in [5.74, 6) is -1.19. The molecular weight excluding hydrogens is 410 g/mol. The minimum absolute atomic E-state index is 0.0364. The maximum absolute atomic E-state index is 12.5. The molecule has 1 atom stereocenters. The molecule has 3 aromatic rings. The monoisotopic (exact) mass is 427 g/mol. The van der Waals surface area contributed by atoms with Gasteiger partial charge in [-0.05, 0) is 48.2 Å².